The maximum absolute atomic E-state index is 13.1. The van der Waals surface area contributed by atoms with E-state index >= 15 is 0 Å². The topological polar surface area (TPSA) is 64.4 Å². The molecule has 2 aromatic rings. The number of nitrogens with zero attached hydrogens (tertiary/aromatic N) is 3. The first-order chi connectivity index (χ1) is 14.6. The standard InChI is InChI=1S/C22H28BrN3O3S/c1-29-12-11-26-21(28)17-13-16(23)8-9-18(17)24-22(26)30-14-20(27)25-10-4-6-15-5-2-3-7-19(15)25/h8-9,13,15,19H,2-7,10-12,14H2,1H3. The van der Waals surface area contributed by atoms with Gasteiger partial charge in [0.15, 0.2) is 5.16 Å². The van der Waals surface area contributed by atoms with Crippen LogP contribution in [0.1, 0.15) is 38.5 Å². The van der Waals surface area contributed by atoms with E-state index < -0.39 is 0 Å². The Morgan fingerprint density at radius 2 is 2.07 bits per heavy atom. The maximum atomic E-state index is 13.1. The number of hydrogen-bond donors (Lipinski definition) is 0. The van der Waals surface area contributed by atoms with E-state index in [9.17, 15) is 9.59 Å². The van der Waals surface area contributed by atoms with Crippen LogP contribution in [-0.2, 0) is 16.1 Å². The molecular formula is C22H28BrN3O3S. The molecule has 0 bridgehead atoms. The third kappa shape index (κ3) is 4.60. The highest BCUT2D eigenvalue weighted by Gasteiger charge is 2.35. The highest BCUT2D eigenvalue weighted by atomic mass is 79.9. The number of carbonyl (C=O) groups is 1. The number of aromatic nitrogens is 2. The first-order valence-electron chi connectivity index (χ1n) is 10.7. The molecule has 1 amide bonds. The van der Waals surface area contributed by atoms with Gasteiger partial charge in [-0.25, -0.2) is 4.98 Å². The van der Waals surface area contributed by atoms with Gasteiger partial charge >= 0.3 is 0 Å². The van der Waals surface area contributed by atoms with E-state index in [0.29, 0.717) is 46.9 Å². The molecule has 4 rings (SSSR count). The summed E-state index contributed by atoms with van der Waals surface area (Å²) in [6.07, 6.45) is 7.24. The van der Waals surface area contributed by atoms with Crippen LogP contribution in [-0.4, -0.2) is 52.4 Å². The number of carbonyl (C=O) groups excluding carboxylic acids is 1. The quantitative estimate of drug-likeness (QED) is 0.448. The lowest BCUT2D eigenvalue weighted by atomic mass is 9.78. The molecule has 0 radical (unpaired) electrons. The van der Waals surface area contributed by atoms with E-state index in [-0.39, 0.29) is 11.5 Å². The Morgan fingerprint density at radius 3 is 2.90 bits per heavy atom. The van der Waals surface area contributed by atoms with Gasteiger partial charge in [-0.05, 0) is 49.8 Å². The Bertz CT molecular complexity index is 978. The molecule has 2 atom stereocenters. The molecule has 30 heavy (non-hydrogen) atoms. The molecule has 2 aliphatic rings. The van der Waals surface area contributed by atoms with Crippen molar-refractivity contribution in [1.82, 2.24) is 14.5 Å². The number of benzene rings is 1. The molecule has 162 valence electrons. The van der Waals surface area contributed by atoms with Crippen LogP contribution in [0.5, 0.6) is 0 Å². The van der Waals surface area contributed by atoms with Gasteiger partial charge < -0.3 is 9.64 Å². The molecule has 2 fully saturated rings. The van der Waals surface area contributed by atoms with Crippen LogP contribution in [0.4, 0.5) is 0 Å². The van der Waals surface area contributed by atoms with Crippen molar-refractivity contribution >= 4 is 44.5 Å². The SMILES string of the molecule is COCCn1c(SCC(=O)N2CCCC3CCCCC32)nc2ccc(Br)cc2c1=O. The monoisotopic (exact) mass is 493 g/mol. The molecule has 1 aliphatic heterocycles. The molecule has 0 N–H and O–H groups in total. The van der Waals surface area contributed by atoms with Crippen molar-refractivity contribution < 1.29 is 9.53 Å². The summed E-state index contributed by atoms with van der Waals surface area (Å²) in [7, 11) is 1.61. The van der Waals surface area contributed by atoms with Gasteiger partial charge in [0.25, 0.3) is 5.56 Å². The first-order valence-corrected chi connectivity index (χ1v) is 12.5. The number of amides is 1. The molecule has 2 heterocycles. The van der Waals surface area contributed by atoms with Crippen LogP contribution >= 0.6 is 27.7 Å². The molecule has 1 aromatic heterocycles. The van der Waals surface area contributed by atoms with E-state index in [1.54, 1.807) is 17.7 Å². The fourth-order valence-corrected chi connectivity index (χ4v) is 6.08. The fourth-order valence-electron chi connectivity index (χ4n) is 4.81. The zero-order chi connectivity index (χ0) is 21.1. The van der Waals surface area contributed by atoms with Gasteiger partial charge in [0, 0.05) is 24.2 Å². The number of piperidine rings is 1. The Hall–Kier alpha value is -1.38. The lowest BCUT2D eigenvalue weighted by molar-refractivity contribution is -0.134. The summed E-state index contributed by atoms with van der Waals surface area (Å²) in [4.78, 5) is 33.0. The zero-order valence-electron chi connectivity index (χ0n) is 17.3. The highest BCUT2D eigenvalue weighted by molar-refractivity contribution is 9.10. The third-order valence-electron chi connectivity index (χ3n) is 6.29. The summed E-state index contributed by atoms with van der Waals surface area (Å²) in [6.45, 7) is 1.68. The van der Waals surface area contributed by atoms with Gasteiger partial charge in [0.05, 0.1) is 29.8 Å². The average Bonchev–Trinajstić information content (AvgIpc) is 2.77. The van der Waals surface area contributed by atoms with Crippen LogP contribution in [0, 0.1) is 5.92 Å². The largest absolute Gasteiger partial charge is 0.383 e. The number of fused-ring (bicyclic) bond motifs is 2. The van der Waals surface area contributed by atoms with Crippen molar-refractivity contribution in [2.75, 3.05) is 26.0 Å². The van der Waals surface area contributed by atoms with Crippen molar-refractivity contribution in [2.24, 2.45) is 5.92 Å². The summed E-state index contributed by atoms with van der Waals surface area (Å²) >= 11 is 4.79. The van der Waals surface area contributed by atoms with Gasteiger partial charge in [-0.2, -0.15) is 0 Å². The van der Waals surface area contributed by atoms with E-state index in [1.807, 2.05) is 12.1 Å². The lowest BCUT2D eigenvalue weighted by Gasteiger charge is -2.44. The minimum atomic E-state index is -0.0985. The summed E-state index contributed by atoms with van der Waals surface area (Å²) in [5.74, 6) is 1.14. The number of halogens is 1. The number of methoxy groups -OCH3 is 1. The summed E-state index contributed by atoms with van der Waals surface area (Å²) in [5.41, 5.74) is 0.552. The minimum absolute atomic E-state index is 0.0985. The molecule has 0 spiro atoms. The second-order valence-electron chi connectivity index (χ2n) is 8.14. The van der Waals surface area contributed by atoms with Gasteiger partial charge in [-0.3, -0.25) is 14.2 Å². The smallest absolute Gasteiger partial charge is 0.262 e. The molecule has 6 nitrogen and oxygen atoms in total. The second kappa shape index (κ2) is 9.83. The minimum Gasteiger partial charge on any atom is -0.383 e. The Kier molecular flexibility index (Phi) is 7.16. The molecule has 1 aromatic carbocycles. The molecule has 1 aliphatic carbocycles. The maximum Gasteiger partial charge on any atom is 0.262 e. The number of likely N-dealkylation sites (tertiary alicyclic amines) is 1. The number of rotatable bonds is 6. The Morgan fingerprint density at radius 1 is 1.27 bits per heavy atom. The molecule has 1 saturated carbocycles. The molecule has 1 saturated heterocycles. The van der Waals surface area contributed by atoms with Crippen molar-refractivity contribution in [3.8, 4) is 0 Å². The zero-order valence-corrected chi connectivity index (χ0v) is 19.7. The number of thioether (sulfide) groups is 1. The van der Waals surface area contributed by atoms with Crippen LogP contribution in [0.25, 0.3) is 10.9 Å². The number of hydrogen-bond acceptors (Lipinski definition) is 5. The lowest BCUT2D eigenvalue weighted by Crippen LogP contribution is -2.50. The van der Waals surface area contributed by atoms with Gasteiger partial charge in [0.1, 0.15) is 0 Å². The molecule has 8 heteroatoms. The summed E-state index contributed by atoms with van der Waals surface area (Å²) in [6, 6.07) is 5.91. The van der Waals surface area contributed by atoms with E-state index in [0.717, 1.165) is 23.9 Å². The normalized spacial score (nSPS) is 21.6. The first kappa shape index (κ1) is 21.8. The van der Waals surface area contributed by atoms with Gasteiger partial charge in [-0.15, -0.1) is 0 Å². The average molecular weight is 494 g/mol. The van der Waals surface area contributed by atoms with Gasteiger partial charge in [0.2, 0.25) is 5.91 Å². The second-order valence-corrected chi connectivity index (χ2v) is 9.99. The van der Waals surface area contributed by atoms with Crippen molar-refractivity contribution in [1.29, 1.82) is 0 Å². The van der Waals surface area contributed by atoms with E-state index in [2.05, 4.69) is 20.8 Å². The fraction of sp³-hybridized carbons (Fsp3) is 0.591. The molecule has 2 unspecified atom stereocenters. The Labute approximate surface area is 189 Å². The van der Waals surface area contributed by atoms with Gasteiger partial charge in [-0.1, -0.05) is 40.5 Å². The van der Waals surface area contributed by atoms with Crippen LogP contribution in [0.2, 0.25) is 0 Å². The molecular weight excluding hydrogens is 466 g/mol. The van der Waals surface area contributed by atoms with Crippen LogP contribution in [0.15, 0.2) is 32.6 Å². The predicted molar refractivity (Wildman–Crippen MR) is 123 cm³/mol. The van der Waals surface area contributed by atoms with Crippen molar-refractivity contribution in [3.05, 3.63) is 33.0 Å². The van der Waals surface area contributed by atoms with E-state index in [1.165, 1.54) is 37.4 Å². The van der Waals surface area contributed by atoms with Crippen molar-refractivity contribution in [2.45, 2.75) is 56.3 Å². The Balaban J connectivity index is 1.55. The summed E-state index contributed by atoms with van der Waals surface area (Å²) in [5, 5.41) is 1.15. The van der Waals surface area contributed by atoms with Crippen LogP contribution in [0.3, 0.4) is 0 Å². The third-order valence-corrected chi connectivity index (χ3v) is 7.74. The van der Waals surface area contributed by atoms with Crippen molar-refractivity contribution in [3.63, 3.8) is 0 Å². The summed E-state index contributed by atoms with van der Waals surface area (Å²) < 4.78 is 7.67. The predicted octanol–water partition coefficient (Wildman–Crippen LogP) is 4.08. The van der Waals surface area contributed by atoms with Crippen LogP contribution < -0.4 is 5.56 Å². The highest BCUT2D eigenvalue weighted by Crippen LogP contribution is 2.35. The van der Waals surface area contributed by atoms with E-state index in [4.69, 9.17) is 9.72 Å². The number of ether oxygens (including phenoxy) is 1.